The Morgan fingerprint density at radius 1 is 1.07 bits per heavy atom. The van der Waals surface area contributed by atoms with Crippen LogP contribution >= 0.6 is 0 Å². The third-order valence-electron chi connectivity index (χ3n) is 6.67. The van der Waals surface area contributed by atoms with E-state index in [0.717, 1.165) is 30.6 Å². The number of morpholine rings is 1. The molecule has 152 valence electrons. The molecule has 4 heteroatoms. The molecule has 2 fully saturated rings. The molecular formula is C25H29NO3. The summed E-state index contributed by atoms with van der Waals surface area (Å²) in [6.45, 7) is 2.34. The Morgan fingerprint density at radius 3 is 2.66 bits per heavy atom. The van der Waals surface area contributed by atoms with Crippen LogP contribution in [-0.2, 0) is 27.8 Å². The number of nitrogens with zero attached hydrogens (tertiary/aromatic N) is 1. The number of ether oxygens (including phenoxy) is 2. The number of rotatable bonds is 5. The average Bonchev–Trinajstić information content (AvgIpc) is 3.60. The quantitative estimate of drug-likeness (QED) is 0.776. The van der Waals surface area contributed by atoms with Gasteiger partial charge in [-0.15, -0.1) is 0 Å². The van der Waals surface area contributed by atoms with Gasteiger partial charge in [0.05, 0.1) is 18.6 Å². The summed E-state index contributed by atoms with van der Waals surface area (Å²) in [4.78, 5) is 15.3. The molecule has 0 N–H and O–H groups in total. The summed E-state index contributed by atoms with van der Waals surface area (Å²) in [6.07, 6.45) is 6.71. The smallest absolute Gasteiger partial charge is 0.233 e. The molecule has 2 aromatic rings. The van der Waals surface area contributed by atoms with Crippen LogP contribution in [0.15, 0.2) is 48.5 Å². The Labute approximate surface area is 172 Å². The van der Waals surface area contributed by atoms with Gasteiger partial charge in [0.25, 0.3) is 0 Å². The van der Waals surface area contributed by atoms with Gasteiger partial charge in [-0.05, 0) is 67.3 Å². The lowest BCUT2D eigenvalue weighted by Gasteiger charge is -2.35. The SMILES string of the molecule is O=C(N1CCOC(COc2ccc3c(c2)CCCC3)C1)C1(c2ccccc2)CC1. The van der Waals surface area contributed by atoms with Crippen molar-refractivity contribution in [2.24, 2.45) is 0 Å². The minimum atomic E-state index is -0.303. The molecule has 0 radical (unpaired) electrons. The standard InChI is InChI=1S/C25H29NO3/c27-24(25(12-13-25)21-8-2-1-3-9-21)26-14-15-28-23(17-26)18-29-22-11-10-19-6-4-5-7-20(19)16-22/h1-3,8-11,16,23H,4-7,12-15,17-18H2. The van der Waals surface area contributed by atoms with Crippen LogP contribution in [0.5, 0.6) is 5.75 Å². The van der Waals surface area contributed by atoms with Crippen molar-refractivity contribution in [3.05, 3.63) is 65.2 Å². The van der Waals surface area contributed by atoms with Gasteiger partial charge in [0, 0.05) is 6.54 Å². The van der Waals surface area contributed by atoms with Crippen LogP contribution in [0.2, 0.25) is 0 Å². The third kappa shape index (κ3) is 3.78. The number of fused-ring (bicyclic) bond motifs is 1. The van der Waals surface area contributed by atoms with E-state index in [4.69, 9.17) is 9.47 Å². The van der Waals surface area contributed by atoms with Crippen molar-refractivity contribution in [2.45, 2.75) is 50.0 Å². The van der Waals surface area contributed by atoms with E-state index in [9.17, 15) is 4.79 Å². The Hall–Kier alpha value is -2.33. The minimum Gasteiger partial charge on any atom is -0.491 e. The van der Waals surface area contributed by atoms with Crippen molar-refractivity contribution in [1.82, 2.24) is 4.90 Å². The van der Waals surface area contributed by atoms with Gasteiger partial charge < -0.3 is 14.4 Å². The number of carbonyl (C=O) groups is 1. The van der Waals surface area contributed by atoms with E-state index in [0.29, 0.717) is 26.3 Å². The van der Waals surface area contributed by atoms with Crippen LogP contribution in [0, 0.1) is 0 Å². The summed E-state index contributed by atoms with van der Waals surface area (Å²) < 4.78 is 12.0. The fraction of sp³-hybridized carbons (Fsp3) is 0.480. The number of hydrogen-bond acceptors (Lipinski definition) is 3. The second-order valence-electron chi connectivity index (χ2n) is 8.64. The molecule has 5 rings (SSSR count). The van der Waals surface area contributed by atoms with Crippen molar-refractivity contribution in [3.63, 3.8) is 0 Å². The molecule has 3 aliphatic rings. The fourth-order valence-electron chi connectivity index (χ4n) is 4.80. The fourth-order valence-corrected chi connectivity index (χ4v) is 4.80. The Morgan fingerprint density at radius 2 is 1.86 bits per heavy atom. The summed E-state index contributed by atoms with van der Waals surface area (Å²) >= 11 is 0. The van der Waals surface area contributed by atoms with Crippen molar-refractivity contribution in [2.75, 3.05) is 26.3 Å². The van der Waals surface area contributed by atoms with Crippen LogP contribution in [-0.4, -0.2) is 43.2 Å². The summed E-state index contributed by atoms with van der Waals surface area (Å²) in [5, 5.41) is 0. The summed E-state index contributed by atoms with van der Waals surface area (Å²) in [6, 6.07) is 16.7. The largest absolute Gasteiger partial charge is 0.491 e. The maximum atomic E-state index is 13.3. The average molecular weight is 392 g/mol. The number of carbonyl (C=O) groups excluding carboxylic acids is 1. The van der Waals surface area contributed by atoms with E-state index in [1.165, 1.54) is 30.4 Å². The normalized spacial score (nSPS) is 22.6. The highest BCUT2D eigenvalue weighted by atomic mass is 16.5. The predicted octanol–water partition coefficient (Wildman–Crippen LogP) is 3.90. The van der Waals surface area contributed by atoms with Crippen molar-refractivity contribution >= 4 is 5.91 Å². The molecule has 2 aromatic carbocycles. The molecule has 1 aliphatic heterocycles. The zero-order chi connectivity index (χ0) is 19.7. The monoisotopic (exact) mass is 391 g/mol. The number of hydrogen-bond donors (Lipinski definition) is 0. The first-order valence-corrected chi connectivity index (χ1v) is 11.0. The lowest BCUT2D eigenvalue weighted by atomic mass is 9.92. The van der Waals surface area contributed by atoms with Gasteiger partial charge in [-0.2, -0.15) is 0 Å². The highest BCUT2D eigenvalue weighted by molar-refractivity contribution is 5.91. The third-order valence-corrected chi connectivity index (χ3v) is 6.67. The molecular weight excluding hydrogens is 362 g/mol. The van der Waals surface area contributed by atoms with Gasteiger partial charge in [0.15, 0.2) is 0 Å². The molecule has 1 amide bonds. The topological polar surface area (TPSA) is 38.8 Å². The van der Waals surface area contributed by atoms with E-state index < -0.39 is 0 Å². The minimum absolute atomic E-state index is 0.0738. The first-order chi connectivity index (χ1) is 14.2. The Balaban J connectivity index is 1.21. The van der Waals surface area contributed by atoms with E-state index in [-0.39, 0.29) is 17.4 Å². The first kappa shape index (κ1) is 18.7. The van der Waals surface area contributed by atoms with Crippen molar-refractivity contribution < 1.29 is 14.3 Å². The van der Waals surface area contributed by atoms with Crippen LogP contribution < -0.4 is 4.74 Å². The van der Waals surface area contributed by atoms with Gasteiger partial charge in [-0.25, -0.2) is 0 Å². The molecule has 1 atom stereocenters. The molecule has 0 bridgehead atoms. The second-order valence-corrected chi connectivity index (χ2v) is 8.64. The maximum absolute atomic E-state index is 13.3. The van der Waals surface area contributed by atoms with E-state index >= 15 is 0 Å². The van der Waals surface area contributed by atoms with E-state index in [1.54, 1.807) is 0 Å². The van der Waals surface area contributed by atoms with Gasteiger partial charge in [0.2, 0.25) is 5.91 Å². The molecule has 4 nitrogen and oxygen atoms in total. The molecule has 0 aromatic heterocycles. The zero-order valence-corrected chi connectivity index (χ0v) is 16.9. The van der Waals surface area contributed by atoms with Crippen LogP contribution in [0.3, 0.4) is 0 Å². The number of amides is 1. The van der Waals surface area contributed by atoms with Crippen LogP contribution in [0.25, 0.3) is 0 Å². The molecule has 1 saturated carbocycles. The van der Waals surface area contributed by atoms with E-state index in [2.05, 4.69) is 30.3 Å². The summed E-state index contributed by atoms with van der Waals surface area (Å²) in [5.74, 6) is 1.17. The molecule has 0 spiro atoms. The molecule has 1 unspecified atom stereocenters. The van der Waals surface area contributed by atoms with Crippen molar-refractivity contribution in [1.29, 1.82) is 0 Å². The molecule has 1 saturated heterocycles. The first-order valence-electron chi connectivity index (χ1n) is 11.0. The Bertz CT molecular complexity index is 875. The lowest BCUT2D eigenvalue weighted by molar-refractivity contribution is -0.142. The van der Waals surface area contributed by atoms with Gasteiger partial charge in [-0.3, -0.25) is 4.79 Å². The Kier molecular flexibility index (Phi) is 5.04. The van der Waals surface area contributed by atoms with Crippen LogP contribution in [0.4, 0.5) is 0 Å². The predicted molar refractivity (Wildman–Crippen MR) is 112 cm³/mol. The molecule has 2 aliphatic carbocycles. The zero-order valence-electron chi connectivity index (χ0n) is 16.9. The second kappa shape index (κ2) is 7.83. The molecule has 29 heavy (non-hydrogen) atoms. The van der Waals surface area contributed by atoms with Gasteiger partial charge in [0.1, 0.15) is 18.5 Å². The number of benzene rings is 2. The number of aryl methyl sites for hydroxylation is 2. The molecule has 1 heterocycles. The van der Waals surface area contributed by atoms with Gasteiger partial charge in [-0.1, -0.05) is 36.4 Å². The highest BCUT2D eigenvalue weighted by Crippen LogP contribution is 2.49. The lowest BCUT2D eigenvalue weighted by Crippen LogP contribution is -2.50. The van der Waals surface area contributed by atoms with Crippen molar-refractivity contribution in [3.8, 4) is 5.75 Å². The maximum Gasteiger partial charge on any atom is 0.233 e. The van der Waals surface area contributed by atoms with E-state index in [1.807, 2.05) is 23.1 Å². The summed E-state index contributed by atoms with van der Waals surface area (Å²) in [7, 11) is 0. The summed E-state index contributed by atoms with van der Waals surface area (Å²) in [5.41, 5.74) is 3.74. The highest BCUT2D eigenvalue weighted by Gasteiger charge is 2.53. The van der Waals surface area contributed by atoms with Gasteiger partial charge >= 0.3 is 0 Å². The van der Waals surface area contributed by atoms with Crippen LogP contribution in [0.1, 0.15) is 42.4 Å².